The molecule has 5 nitrogen and oxygen atoms in total. The zero-order valence-electron chi connectivity index (χ0n) is 13.3. The Morgan fingerprint density at radius 1 is 1.08 bits per heavy atom. The van der Waals surface area contributed by atoms with E-state index in [2.05, 4.69) is 10.0 Å². The van der Waals surface area contributed by atoms with E-state index >= 15 is 0 Å². The van der Waals surface area contributed by atoms with E-state index in [0.29, 0.717) is 17.2 Å². The summed E-state index contributed by atoms with van der Waals surface area (Å²) in [5.41, 5.74) is 0.957. The normalized spacial score (nSPS) is 11.4. The minimum absolute atomic E-state index is 0.0327. The maximum Gasteiger partial charge on any atom is 0.255 e. The Morgan fingerprint density at radius 2 is 1.75 bits per heavy atom. The van der Waals surface area contributed by atoms with Crippen LogP contribution in [0.1, 0.15) is 21.5 Å². The fourth-order valence-electron chi connectivity index (χ4n) is 2.13. The lowest BCUT2D eigenvalue weighted by atomic mass is 10.1. The summed E-state index contributed by atoms with van der Waals surface area (Å²) in [6, 6.07) is 5.46. The molecule has 0 spiro atoms. The number of nitrogens with one attached hydrogen (secondary N) is 2. The standard InChI is InChI=1S/C16H16F2N2O3S/c1-9-6-11(7-15(10(9)2)24(22,23)19-3)16(21)20-14-5-4-12(17)8-13(14)18/h4-8,19H,1-3H3,(H,20,21). The molecule has 2 N–H and O–H groups in total. The summed E-state index contributed by atoms with van der Waals surface area (Å²) < 4.78 is 52.8. The number of amides is 1. The molecule has 0 aromatic heterocycles. The molecule has 0 fully saturated rings. The lowest BCUT2D eigenvalue weighted by Crippen LogP contribution is -2.21. The second-order valence-electron chi connectivity index (χ2n) is 5.20. The van der Waals surface area contributed by atoms with Crippen LogP contribution in [-0.4, -0.2) is 21.4 Å². The van der Waals surface area contributed by atoms with Gasteiger partial charge in [-0.1, -0.05) is 0 Å². The van der Waals surface area contributed by atoms with E-state index in [-0.39, 0.29) is 16.1 Å². The van der Waals surface area contributed by atoms with Crippen LogP contribution in [0.15, 0.2) is 35.2 Å². The largest absolute Gasteiger partial charge is 0.319 e. The first-order valence-corrected chi connectivity index (χ1v) is 8.45. The molecule has 0 radical (unpaired) electrons. The summed E-state index contributed by atoms with van der Waals surface area (Å²) in [6.45, 7) is 3.29. The third-order valence-corrected chi connectivity index (χ3v) is 5.16. The Bertz CT molecular complexity index is 912. The summed E-state index contributed by atoms with van der Waals surface area (Å²) in [7, 11) is -2.48. The first-order chi connectivity index (χ1) is 11.2. The highest BCUT2D eigenvalue weighted by Gasteiger charge is 2.20. The Labute approximate surface area is 138 Å². The van der Waals surface area contributed by atoms with E-state index in [1.54, 1.807) is 13.8 Å². The van der Waals surface area contributed by atoms with Gasteiger partial charge >= 0.3 is 0 Å². The van der Waals surface area contributed by atoms with Gasteiger partial charge in [0, 0.05) is 11.6 Å². The summed E-state index contributed by atoms with van der Waals surface area (Å²) in [4.78, 5) is 12.3. The fraction of sp³-hybridized carbons (Fsp3) is 0.188. The number of hydrogen-bond acceptors (Lipinski definition) is 3. The van der Waals surface area contributed by atoms with Gasteiger partial charge < -0.3 is 5.32 Å². The number of carbonyl (C=O) groups excluding carboxylic acids is 1. The summed E-state index contributed by atoms with van der Waals surface area (Å²) in [5.74, 6) is -2.38. The molecule has 0 aliphatic heterocycles. The number of halogens is 2. The zero-order valence-corrected chi connectivity index (χ0v) is 14.1. The van der Waals surface area contributed by atoms with Gasteiger partial charge in [0.15, 0.2) is 0 Å². The maximum atomic E-state index is 13.6. The Hall–Kier alpha value is -2.32. The van der Waals surface area contributed by atoms with Crippen molar-refractivity contribution in [2.24, 2.45) is 0 Å². The molecule has 0 saturated heterocycles. The van der Waals surface area contributed by atoms with Gasteiger partial charge in [0.2, 0.25) is 10.0 Å². The van der Waals surface area contributed by atoms with E-state index in [0.717, 1.165) is 12.1 Å². The molecule has 0 bridgehead atoms. The van der Waals surface area contributed by atoms with Crippen LogP contribution < -0.4 is 10.0 Å². The average Bonchev–Trinajstić information content (AvgIpc) is 2.52. The minimum atomic E-state index is -3.75. The van der Waals surface area contributed by atoms with Crippen molar-refractivity contribution in [2.75, 3.05) is 12.4 Å². The van der Waals surface area contributed by atoms with Crippen molar-refractivity contribution < 1.29 is 22.0 Å². The van der Waals surface area contributed by atoms with E-state index in [1.165, 1.54) is 19.2 Å². The number of carbonyl (C=O) groups is 1. The van der Waals surface area contributed by atoms with Crippen molar-refractivity contribution in [3.8, 4) is 0 Å². The molecule has 1 amide bonds. The van der Waals surface area contributed by atoms with Gasteiger partial charge in [-0.25, -0.2) is 21.9 Å². The summed E-state index contributed by atoms with van der Waals surface area (Å²) in [5, 5.41) is 2.30. The predicted molar refractivity (Wildman–Crippen MR) is 86.5 cm³/mol. The van der Waals surface area contributed by atoms with Crippen LogP contribution in [0.5, 0.6) is 0 Å². The number of rotatable bonds is 4. The van der Waals surface area contributed by atoms with Crippen LogP contribution >= 0.6 is 0 Å². The molecule has 24 heavy (non-hydrogen) atoms. The fourth-order valence-corrected chi connectivity index (χ4v) is 3.20. The third kappa shape index (κ3) is 3.60. The van der Waals surface area contributed by atoms with Crippen LogP contribution in [-0.2, 0) is 10.0 Å². The van der Waals surface area contributed by atoms with Crippen LogP contribution in [0.2, 0.25) is 0 Å². The molecule has 0 unspecified atom stereocenters. The highest BCUT2D eigenvalue weighted by atomic mass is 32.2. The van der Waals surface area contributed by atoms with Crippen molar-refractivity contribution in [1.29, 1.82) is 0 Å². The topological polar surface area (TPSA) is 75.3 Å². The Morgan fingerprint density at radius 3 is 2.33 bits per heavy atom. The van der Waals surface area contributed by atoms with Crippen LogP contribution in [0.4, 0.5) is 14.5 Å². The number of hydrogen-bond donors (Lipinski definition) is 2. The number of aryl methyl sites for hydroxylation is 1. The van der Waals surface area contributed by atoms with Crippen molar-refractivity contribution in [2.45, 2.75) is 18.7 Å². The van der Waals surface area contributed by atoms with Crippen molar-refractivity contribution >= 4 is 21.6 Å². The number of benzene rings is 2. The highest BCUT2D eigenvalue weighted by Crippen LogP contribution is 2.22. The van der Waals surface area contributed by atoms with Gasteiger partial charge in [0.25, 0.3) is 5.91 Å². The van der Waals surface area contributed by atoms with Gasteiger partial charge in [-0.15, -0.1) is 0 Å². The monoisotopic (exact) mass is 354 g/mol. The second-order valence-corrected chi connectivity index (χ2v) is 7.06. The smallest absolute Gasteiger partial charge is 0.255 e. The predicted octanol–water partition coefficient (Wildman–Crippen LogP) is 2.74. The molecule has 128 valence electrons. The quantitative estimate of drug-likeness (QED) is 0.886. The zero-order chi connectivity index (χ0) is 18.1. The lowest BCUT2D eigenvalue weighted by Gasteiger charge is -2.13. The van der Waals surface area contributed by atoms with Crippen molar-refractivity contribution in [3.05, 3.63) is 58.7 Å². The van der Waals surface area contributed by atoms with E-state index in [1.807, 2.05) is 0 Å². The van der Waals surface area contributed by atoms with Crippen LogP contribution in [0, 0.1) is 25.5 Å². The molecule has 0 saturated carbocycles. The molecule has 0 atom stereocenters. The second kappa shape index (κ2) is 6.66. The highest BCUT2D eigenvalue weighted by molar-refractivity contribution is 7.89. The number of anilines is 1. The van der Waals surface area contributed by atoms with E-state index in [9.17, 15) is 22.0 Å². The Balaban J connectivity index is 2.43. The lowest BCUT2D eigenvalue weighted by molar-refractivity contribution is 0.102. The van der Waals surface area contributed by atoms with Gasteiger partial charge in [-0.2, -0.15) is 0 Å². The minimum Gasteiger partial charge on any atom is -0.319 e. The number of sulfonamides is 1. The summed E-state index contributed by atoms with van der Waals surface area (Å²) in [6.07, 6.45) is 0. The molecule has 2 aromatic rings. The van der Waals surface area contributed by atoms with Gasteiger partial charge in [-0.3, -0.25) is 4.79 Å². The van der Waals surface area contributed by atoms with Gasteiger partial charge in [0.1, 0.15) is 11.6 Å². The molecular weight excluding hydrogens is 338 g/mol. The maximum absolute atomic E-state index is 13.6. The van der Waals surface area contributed by atoms with E-state index in [4.69, 9.17) is 0 Å². The third-order valence-electron chi connectivity index (χ3n) is 3.62. The molecule has 0 aliphatic carbocycles. The summed E-state index contributed by atoms with van der Waals surface area (Å²) >= 11 is 0. The first kappa shape index (κ1) is 18.0. The molecule has 2 rings (SSSR count). The molecule has 0 aliphatic rings. The van der Waals surface area contributed by atoms with Gasteiger partial charge in [0.05, 0.1) is 10.6 Å². The molecule has 0 heterocycles. The van der Waals surface area contributed by atoms with Crippen LogP contribution in [0.3, 0.4) is 0 Å². The SMILES string of the molecule is CNS(=O)(=O)c1cc(C(=O)Nc2ccc(F)cc2F)cc(C)c1C. The van der Waals surface area contributed by atoms with Crippen molar-refractivity contribution in [3.63, 3.8) is 0 Å². The molecular formula is C16H16F2N2O3S. The van der Waals surface area contributed by atoms with E-state index < -0.39 is 27.6 Å². The van der Waals surface area contributed by atoms with Crippen molar-refractivity contribution in [1.82, 2.24) is 4.72 Å². The van der Waals surface area contributed by atoms with Gasteiger partial charge in [-0.05, 0) is 56.3 Å². The molecule has 2 aromatic carbocycles. The Kier molecular flexibility index (Phi) is 5.00. The average molecular weight is 354 g/mol. The molecule has 8 heteroatoms. The first-order valence-electron chi connectivity index (χ1n) is 6.97. The van der Waals surface area contributed by atoms with Crippen LogP contribution in [0.25, 0.3) is 0 Å².